The lowest BCUT2D eigenvalue weighted by Gasteiger charge is -2.17. The SMILES string of the molecule is Cc1c(C(C(=O)O)C(C)C)c2cc(O)c(F)cc2n1C(=O)c1ccc(Cl)c(Cl)c1. The number of carbonyl (C=O) groups is 2. The van der Waals surface area contributed by atoms with Crippen molar-refractivity contribution in [3.8, 4) is 5.75 Å². The van der Waals surface area contributed by atoms with Crippen LogP contribution in [-0.2, 0) is 4.79 Å². The first kappa shape index (κ1) is 21.1. The van der Waals surface area contributed by atoms with Gasteiger partial charge < -0.3 is 10.2 Å². The Hall–Kier alpha value is -2.57. The summed E-state index contributed by atoms with van der Waals surface area (Å²) in [5.41, 5.74) is 1.07. The monoisotopic (exact) mass is 437 g/mol. The zero-order valence-electron chi connectivity index (χ0n) is 15.8. The second kappa shape index (κ2) is 7.69. The van der Waals surface area contributed by atoms with E-state index in [4.69, 9.17) is 23.2 Å². The summed E-state index contributed by atoms with van der Waals surface area (Å²) < 4.78 is 15.4. The van der Waals surface area contributed by atoms with Crippen molar-refractivity contribution < 1.29 is 24.2 Å². The third kappa shape index (κ3) is 3.58. The Balaban J connectivity index is 2.36. The average Bonchev–Trinajstić information content (AvgIpc) is 2.88. The molecule has 29 heavy (non-hydrogen) atoms. The number of halogens is 3. The van der Waals surface area contributed by atoms with Crippen LogP contribution < -0.4 is 0 Å². The molecular formula is C21H18Cl2FNO4. The zero-order valence-corrected chi connectivity index (χ0v) is 17.3. The molecular weight excluding hydrogens is 420 g/mol. The number of aromatic nitrogens is 1. The summed E-state index contributed by atoms with van der Waals surface area (Å²) in [6, 6.07) is 6.53. The van der Waals surface area contributed by atoms with Gasteiger partial charge in [-0.25, -0.2) is 4.39 Å². The largest absolute Gasteiger partial charge is 0.505 e. The lowest BCUT2D eigenvalue weighted by molar-refractivity contribution is -0.139. The summed E-state index contributed by atoms with van der Waals surface area (Å²) in [6.07, 6.45) is 0. The molecule has 0 radical (unpaired) electrons. The van der Waals surface area contributed by atoms with Crippen LogP contribution in [-0.4, -0.2) is 26.7 Å². The molecule has 0 aliphatic carbocycles. The van der Waals surface area contributed by atoms with Gasteiger partial charge in [0.25, 0.3) is 5.91 Å². The van der Waals surface area contributed by atoms with Crippen LogP contribution in [0.4, 0.5) is 4.39 Å². The molecule has 1 unspecified atom stereocenters. The summed E-state index contributed by atoms with van der Waals surface area (Å²) in [6.45, 7) is 5.08. The second-order valence-corrected chi connectivity index (χ2v) is 7.96. The fourth-order valence-electron chi connectivity index (χ4n) is 3.60. The van der Waals surface area contributed by atoms with E-state index in [0.717, 1.165) is 12.1 Å². The first-order chi connectivity index (χ1) is 13.5. The summed E-state index contributed by atoms with van der Waals surface area (Å²) in [4.78, 5) is 25.2. The normalized spacial score (nSPS) is 12.5. The molecule has 0 fully saturated rings. The highest BCUT2D eigenvalue weighted by Crippen LogP contribution is 2.39. The number of aliphatic carboxylic acids is 1. The standard InChI is InChI=1S/C21H18Cl2FNO4/c1-9(2)18(21(28)29)19-10(3)25(16-8-15(24)17(26)7-12(16)19)20(27)11-4-5-13(22)14(23)6-11/h4-9,18,26H,1-3H3,(H,28,29). The van der Waals surface area contributed by atoms with Gasteiger partial charge in [0.2, 0.25) is 0 Å². The fourth-order valence-corrected chi connectivity index (χ4v) is 3.90. The highest BCUT2D eigenvalue weighted by Gasteiger charge is 2.32. The van der Waals surface area contributed by atoms with Crippen LogP contribution in [0.1, 0.15) is 41.4 Å². The molecule has 0 amide bonds. The lowest BCUT2D eigenvalue weighted by Crippen LogP contribution is -2.19. The smallest absolute Gasteiger partial charge is 0.311 e. The number of carboxylic acids is 1. The first-order valence-corrected chi connectivity index (χ1v) is 9.56. The van der Waals surface area contributed by atoms with E-state index in [1.54, 1.807) is 20.8 Å². The van der Waals surface area contributed by atoms with E-state index < -0.39 is 29.4 Å². The van der Waals surface area contributed by atoms with Gasteiger partial charge in [0, 0.05) is 22.7 Å². The number of phenols is 1. The Kier molecular flexibility index (Phi) is 5.61. The van der Waals surface area contributed by atoms with Crippen LogP contribution in [0.2, 0.25) is 10.0 Å². The molecule has 1 aromatic heterocycles. The number of benzene rings is 2. The summed E-state index contributed by atoms with van der Waals surface area (Å²) >= 11 is 11.9. The Morgan fingerprint density at radius 1 is 1.10 bits per heavy atom. The van der Waals surface area contributed by atoms with Crippen LogP contribution in [0.15, 0.2) is 30.3 Å². The lowest BCUT2D eigenvalue weighted by atomic mass is 9.86. The highest BCUT2D eigenvalue weighted by atomic mass is 35.5. The van der Waals surface area contributed by atoms with Crippen LogP contribution in [0.5, 0.6) is 5.75 Å². The molecule has 0 aliphatic rings. The van der Waals surface area contributed by atoms with E-state index in [9.17, 15) is 24.2 Å². The summed E-state index contributed by atoms with van der Waals surface area (Å²) in [5.74, 6) is -4.39. The van der Waals surface area contributed by atoms with Crippen molar-refractivity contribution in [2.75, 3.05) is 0 Å². The van der Waals surface area contributed by atoms with E-state index in [1.807, 2.05) is 0 Å². The van der Waals surface area contributed by atoms with Crippen molar-refractivity contribution in [2.45, 2.75) is 26.7 Å². The molecule has 1 heterocycles. The number of aromatic hydroxyl groups is 1. The van der Waals surface area contributed by atoms with Gasteiger partial charge in [-0.1, -0.05) is 37.0 Å². The fraction of sp³-hybridized carbons (Fsp3) is 0.238. The van der Waals surface area contributed by atoms with Crippen LogP contribution >= 0.6 is 23.2 Å². The number of carbonyl (C=O) groups excluding carboxylic acids is 1. The van der Waals surface area contributed by atoms with Gasteiger partial charge in [-0.05, 0) is 42.7 Å². The van der Waals surface area contributed by atoms with Gasteiger partial charge in [0.05, 0.1) is 21.5 Å². The van der Waals surface area contributed by atoms with Crippen molar-refractivity contribution in [1.82, 2.24) is 4.57 Å². The Morgan fingerprint density at radius 3 is 2.31 bits per heavy atom. The van der Waals surface area contributed by atoms with Crippen molar-refractivity contribution >= 4 is 46.0 Å². The Bertz CT molecular complexity index is 1150. The van der Waals surface area contributed by atoms with Gasteiger partial charge in [-0.3, -0.25) is 14.2 Å². The van der Waals surface area contributed by atoms with Crippen molar-refractivity contribution in [3.05, 3.63) is 63.0 Å². The molecule has 0 spiro atoms. The molecule has 0 saturated heterocycles. The van der Waals surface area contributed by atoms with E-state index >= 15 is 0 Å². The third-order valence-corrected chi connectivity index (χ3v) is 5.67. The van der Waals surface area contributed by atoms with Crippen molar-refractivity contribution in [3.63, 3.8) is 0 Å². The number of rotatable bonds is 4. The van der Waals surface area contributed by atoms with E-state index in [-0.39, 0.29) is 27.0 Å². The van der Waals surface area contributed by atoms with Gasteiger partial charge in [-0.2, -0.15) is 0 Å². The number of hydrogen-bond donors (Lipinski definition) is 2. The number of carboxylic acid groups (broad SMARTS) is 1. The maximum atomic E-state index is 14.1. The molecule has 0 aliphatic heterocycles. The van der Waals surface area contributed by atoms with E-state index in [2.05, 4.69) is 0 Å². The molecule has 152 valence electrons. The molecule has 3 rings (SSSR count). The first-order valence-electron chi connectivity index (χ1n) is 8.80. The molecule has 8 heteroatoms. The van der Waals surface area contributed by atoms with Crippen molar-refractivity contribution in [1.29, 1.82) is 0 Å². The molecule has 1 atom stereocenters. The number of nitrogens with zero attached hydrogens (tertiary/aromatic N) is 1. The van der Waals surface area contributed by atoms with Gasteiger partial charge in [0.1, 0.15) is 0 Å². The summed E-state index contributed by atoms with van der Waals surface area (Å²) in [7, 11) is 0. The van der Waals surface area contributed by atoms with Crippen LogP contribution in [0.3, 0.4) is 0 Å². The Labute approximate surface area is 176 Å². The molecule has 5 nitrogen and oxygen atoms in total. The van der Waals surface area contributed by atoms with E-state index in [1.165, 1.54) is 22.8 Å². The van der Waals surface area contributed by atoms with Gasteiger partial charge in [-0.15, -0.1) is 0 Å². The van der Waals surface area contributed by atoms with Gasteiger partial charge in [0.15, 0.2) is 11.6 Å². The minimum Gasteiger partial charge on any atom is -0.505 e. The Morgan fingerprint density at radius 2 is 1.76 bits per heavy atom. The maximum absolute atomic E-state index is 14.1. The predicted molar refractivity (Wildman–Crippen MR) is 110 cm³/mol. The minimum absolute atomic E-state index is 0.163. The highest BCUT2D eigenvalue weighted by molar-refractivity contribution is 6.42. The van der Waals surface area contributed by atoms with Gasteiger partial charge >= 0.3 is 5.97 Å². The average molecular weight is 438 g/mol. The van der Waals surface area contributed by atoms with Crippen molar-refractivity contribution in [2.24, 2.45) is 5.92 Å². The molecule has 0 bridgehead atoms. The zero-order chi connectivity index (χ0) is 21.6. The quantitative estimate of drug-likeness (QED) is 0.555. The summed E-state index contributed by atoms with van der Waals surface area (Å²) in [5, 5.41) is 20.4. The van der Waals surface area contributed by atoms with E-state index in [0.29, 0.717) is 16.6 Å². The predicted octanol–water partition coefficient (Wildman–Crippen LogP) is 5.61. The van der Waals surface area contributed by atoms with Crippen LogP contribution in [0.25, 0.3) is 10.9 Å². The number of hydrogen-bond acceptors (Lipinski definition) is 3. The minimum atomic E-state index is -1.08. The topological polar surface area (TPSA) is 79.5 Å². The maximum Gasteiger partial charge on any atom is 0.311 e. The molecule has 2 aromatic carbocycles. The van der Waals surface area contributed by atoms with Crippen LogP contribution in [0, 0.1) is 18.7 Å². The molecule has 2 N–H and O–H groups in total. The molecule has 0 saturated carbocycles. The second-order valence-electron chi connectivity index (χ2n) is 7.15. The number of phenolic OH excluding ortho intramolecular Hbond substituents is 1. The number of fused-ring (bicyclic) bond motifs is 1. The third-order valence-electron chi connectivity index (χ3n) is 4.93. The molecule has 3 aromatic rings.